The van der Waals surface area contributed by atoms with Crippen molar-refractivity contribution in [3.05, 3.63) is 0 Å². The molecule has 2 saturated heterocycles. The Hall–Kier alpha value is -1.59. The third kappa shape index (κ3) is 1.07. The van der Waals surface area contributed by atoms with Crippen LogP contribution in [0.25, 0.3) is 0 Å². The van der Waals surface area contributed by atoms with E-state index < -0.39 is 12.0 Å². The molecule has 76 valence electrons. The summed E-state index contributed by atoms with van der Waals surface area (Å²) in [6.07, 6.45) is 0.866. The van der Waals surface area contributed by atoms with E-state index in [-0.39, 0.29) is 11.9 Å². The number of rotatable bonds is 2. The fourth-order valence-corrected chi connectivity index (χ4v) is 1.99. The first-order chi connectivity index (χ1) is 6.65. The van der Waals surface area contributed by atoms with E-state index in [9.17, 15) is 14.7 Å². The topological polar surface area (TPSA) is 82.0 Å². The van der Waals surface area contributed by atoms with Gasteiger partial charge in [0.15, 0.2) is 0 Å². The lowest BCUT2D eigenvalue weighted by Gasteiger charge is -2.38. The summed E-state index contributed by atoms with van der Waals surface area (Å²) in [6.45, 7) is 0. The average molecular weight is 197 g/mol. The van der Waals surface area contributed by atoms with Gasteiger partial charge in [0.1, 0.15) is 13.2 Å². The molecular formula is C8H9N2O4-. The van der Waals surface area contributed by atoms with Crippen LogP contribution in [-0.2, 0) is 14.4 Å². The van der Waals surface area contributed by atoms with E-state index in [0.717, 1.165) is 0 Å². The molecule has 2 heterocycles. The molecule has 2 aliphatic rings. The molecule has 0 aromatic carbocycles. The van der Waals surface area contributed by atoms with E-state index in [4.69, 9.17) is 0 Å². The Kier molecular flexibility index (Phi) is 1.90. The van der Waals surface area contributed by atoms with E-state index in [1.807, 2.05) is 0 Å². The molecule has 0 saturated carbocycles. The fourth-order valence-electron chi connectivity index (χ4n) is 1.99. The second kappa shape index (κ2) is 2.97. The van der Waals surface area contributed by atoms with Gasteiger partial charge in [-0.15, -0.1) is 0 Å². The van der Waals surface area contributed by atoms with Crippen LogP contribution < -0.4 is 5.11 Å². The molecular weight excluding hydrogens is 188 g/mol. The Bertz CT molecular complexity index is 325. The quantitative estimate of drug-likeness (QED) is 0.383. The largest absolute Gasteiger partial charge is 0.547 e. The first-order valence-corrected chi connectivity index (χ1v) is 4.27. The molecule has 1 amide bonds. The van der Waals surface area contributed by atoms with Gasteiger partial charge in [-0.25, -0.2) is 0 Å². The van der Waals surface area contributed by atoms with Crippen LogP contribution in [0.2, 0.25) is 0 Å². The molecule has 0 aliphatic carbocycles. The van der Waals surface area contributed by atoms with Crippen LogP contribution in [0.5, 0.6) is 0 Å². The molecule has 0 radical (unpaired) electrons. The molecule has 2 atom stereocenters. The molecule has 0 N–H and O–H groups in total. The summed E-state index contributed by atoms with van der Waals surface area (Å²) in [4.78, 5) is 27.7. The summed E-state index contributed by atoms with van der Waals surface area (Å²) >= 11 is 0. The minimum atomic E-state index is -1.30. The molecule has 2 fully saturated rings. The van der Waals surface area contributed by atoms with Crippen molar-refractivity contribution in [3.63, 3.8) is 0 Å². The van der Waals surface area contributed by atoms with Crippen molar-refractivity contribution in [2.75, 3.05) is 7.11 Å². The lowest BCUT2D eigenvalue weighted by Crippen LogP contribution is -2.58. The third-order valence-electron chi connectivity index (χ3n) is 2.56. The highest BCUT2D eigenvalue weighted by Gasteiger charge is 2.50. The Morgan fingerprint density at radius 3 is 2.86 bits per heavy atom. The highest BCUT2D eigenvalue weighted by molar-refractivity contribution is 6.11. The average Bonchev–Trinajstić information content (AvgIpc) is 2.39. The Morgan fingerprint density at radius 1 is 1.64 bits per heavy atom. The van der Waals surface area contributed by atoms with E-state index in [1.54, 1.807) is 0 Å². The number of hydrogen-bond acceptors (Lipinski definition) is 5. The van der Waals surface area contributed by atoms with Gasteiger partial charge in [-0.05, 0) is 0 Å². The van der Waals surface area contributed by atoms with Gasteiger partial charge in [0.05, 0.1) is 11.7 Å². The number of carboxylic acid groups (broad SMARTS) is 1. The van der Waals surface area contributed by atoms with Crippen molar-refractivity contribution in [3.8, 4) is 0 Å². The summed E-state index contributed by atoms with van der Waals surface area (Å²) in [6, 6.07) is -1.06. The van der Waals surface area contributed by atoms with Crippen molar-refractivity contribution in [2.24, 2.45) is 5.16 Å². The van der Waals surface area contributed by atoms with E-state index in [2.05, 4.69) is 9.99 Å². The molecule has 0 aromatic heterocycles. The van der Waals surface area contributed by atoms with Crippen molar-refractivity contribution in [2.45, 2.75) is 24.9 Å². The predicted molar refractivity (Wildman–Crippen MR) is 43.1 cm³/mol. The van der Waals surface area contributed by atoms with E-state index in [1.165, 1.54) is 12.0 Å². The predicted octanol–water partition coefficient (Wildman–Crippen LogP) is -1.89. The van der Waals surface area contributed by atoms with Gasteiger partial charge in [-0.1, -0.05) is 5.16 Å². The second-order valence-electron chi connectivity index (χ2n) is 3.35. The number of hydrogen-bond donors (Lipinski definition) is 0. The molecule has 6 nitrogen and oxygen atoms in total. The maximum atomic E-state index is 11.1. The number of oxime groups is 1. The second-order valence-corrected chi connectivity index (χ2v) is 3.35. The fraction of sp³-hybridized carbons (Fsp3) is 0.625. The van der Waals surface area contributed by atoms with Crippen molar-refractivity contribution < 1.29 is 19.5 Å². The minimum Gasteiger partial charge on any atom is -0.547 e. The number of carbonyl (C=O) groups is 2. The van der Waals surface area contributed by atoms with Gasteiger partial charge in [0.25, 0.3) is 0 Å². The molecule has 0 unspecified atom stereocenters. The van der Waals surface area contributed by atoms with Crippen molar-refractivity contribution >= 4 is 17.6 Å². The maximum Gasteiger partial charge on any atom is 0.225 e. The first-order valence-electron chi connectivity index (χ1n) is 4.27. The third-order valence-corrected chi connectivity index (χ3v) is 2.56. The molecule has 0 aromatic rings. The number of amides is 1. The maximum absolute atomic E-state index is 11.1. The number of fused-ring (bicyclic) bond motifs is 1. The molecule has 2 rings (SSSR count). The summed E-state index contributed by atoms with van der Waals surface area (Å²) < 4.78 is 0. The highest BCUT2D eigenvalue weighted by atomic mass is 16.6. The van der Waals surface area contributed by atoms with E-state index >= 15 is 0 Å². The zero-order chi connectivity index (χ0) is 10.3. The van der Waals surface area contributed by atoms with Crippen LogP contribution in [0, 0.1) is 0 Å². The van der Waals surface area contributed by atoms with Gasteiger partial charge >= 0.3 is 0 Å². The van der Waals surface area contributed by atoms with E-state index in [0.29, 0.717) is 18.6 Å². The highest BCUT2D eigenvalue weighted by Crippen LogP contribution is 2.33. The van der Waals surface area contributed by atoms with Crippen LogP contribution >= 0.6 is 0 Å². The number of nitrogens with zero attached hydrogens (tertiary/aromatic N) is 2. The number of carboxylic acids is 1. The summed E-state index contributed by atoms with van der Waals surface area (Å²) in [5.74, 6) is -1.46. The van der Waals surface area contributed by atoms with Crippen LogP contribution in [0.15, 0.2) is 5.16 Å². The lowest BCUT2D eigenvalue weighted by molar-refractivity contribution is -0.309. The summed E-state index contributed by atoms with van der Waals surface area (Å²) in [5.41, 5.74) is 0.364. The van der Waals surface area contributed by atoms with Crippen LogP contribution in [0.3, 0.4) is 0 Å². The van der Waals surface area contributed by atoms with Crippen molar-refractivity contribution in [1.82, 2.24) is 4.90 Å². The van der Waals surface area contributed by atoms with Gasteiger partial charge in [0.2, 0.25) is 5.91 Å². The monoisotopic (exact) mass is 197 g/mol. The Morgan fingerprint density at radius 2 is 2.36 bits per heavy atom. The molecule has 0 spiro atoms. The van der Waals surface area contributed by atoms with Crippen LogP contribution in [0.4, 0.5) is 0 Å². The Labute approximate surface area is 80.1 Å². The summed E-state index contributed by atoms with van der Waals surface area (Å²) in [7, 11) is 1.34. The number of β-lactam (4-membered cyclic amide) rings is 1. The van der Waals surface area contributed by atoms with Gasteiger partial charge in [-0.2, -0.15) is 0 Å². The lowest BCUT2D eigenvalue weighted by atomic mass is 10.0. The standard InChI is InChI=1S/C8H10N2O4/c1-14-9-5-2-4-3-6(11)10(4)7(5)8(12)13/h4,7H,2-3H2,1H3,(H,12,13)/p-1/t4-,7-/m1/s1. The summed E-state index contributed by atoms with van der Waals surface area (Å²) in [5, 5.41) is 14.4. The molecule has 6 heteroatoms. The zero-order valence-corrected chi connectivity index (χ0v) is 7.60. The number of aliphatic carboxylic acids is 1. The Balaban J connectivity index is 2.26. The first kappa shape index (κ1) is 8.98. The minimum absolute atomic E-state index is 0.0284. The van der Waals surface area contributed by atoms with Gasteiger partial charge in [0, 0.05) is 18.9 Å². The van der Waals surface area contributed by atoms with Crippen LogP contribution in [0.1, 0.15) is 12.8 Å². The van der Waals surface area contributed by atoms with Gasteiger partial charge in [-0.3, -0.25) is 4.79 Å². The smallest absolute Gasteiger partial charge is 0.225 e. The molecule has 0 bridgehead atoms. The SMILES string of the molecule is CON=C1C[C@@H]2CC(=O)N2[C@H]1C(=O)[O-]. The normalized spacial score (nSPS) is 32.8. The molecule has 2 aliphatic heterocycles. The number of carbonyl (C=O) groups excluding carboxylic acids is 2. The van der Waals surface area contributed by atoms with Crippen LogP contribution in [-0.4, -0.2) is 41.7 Å². The zero-order valence-electron chi connectivity index (χ0n) is 7.60. The van der Waals surface area contributed by atoms with Crippen molar-refractivity contribution in [1.29, 1.82) is 0 Å². The molecule has 14 heavy (non-hydrogen) atoms. The van der Waals surface area contributed by atoms with Gasteiger partial charge < -0.3 is 19.6 Å².